The zero-order chi connectivity index (χ0) is 29.3. The predicted octanol–water partition coefficient (Wildman–Crippen LogP) is 4.92. The number of carbonyl (C=O) groups excluding carboxylic acids is 2. The second kappa shape index (κ2) is 14.2. The topological polar surface area (TPSA) is 96.0 Å². The van der Waals surface area contributed by atoms with Gasteiger partial charge in [0.15, 0.2) is 0 Å². The van der Waals surface area contributed by atoms with Crippen LogP contribution in [-0.2, 0) is 26.0 Å². The van der Waals surface area contributed by atoms with Gasteiger partial charge in [0.25, 0.3) is 10.0 Å². The van der Waals surface area contributed by atoms with E-state index in [1.807, 2.05) is 44.2 Å². The van der Waals surface area contributed by atoms with Crippen LogP contribution in [0.3, 0.4) is 0 Å². The maximum absolute atomic E-state index is 13.9. The van der Waals surface area contributed by atoms with Crippen LogP contribution in [0.5, 0.6) is 5.75 Å². The van der Waals surface area contributed by atoms with E-state index in [-0.39, 0.29) is 29.1 Å². The number of rotatable bonds is 13. The summed E-state index contributed by atoms with van der Waals surface area (Å²) in [4.78, 5) is 28.4. The van der Waals surface area contributed by atoms with Crippen molar-refractivity contribution in [2.75, 3.05) is 24.5 Å². The second-order valence-corrected chi connectivity index (χ2v) is 11.8. The fraction of sp³-hybridized carbons (Fsp3) is 0.333. The van der Waals surface area contributed by atoms with E-state index in [0.29, 0.717) is 17.2 Å². The van der Waals surface area contributed by atoms with Gasteiger partial charge in [0.1, 0.15) is 18.3 Å². The molecule has 3 aromatic rings. The molecule has 10 heteroatoms. The number of amides is 2. The standard InChI is InChI=1S/C30H36ClN3O5S/c1-5-22(2)32-30(36)23(3)33(20-19-24-9-7-6-8-10-24)29(35)21-34(26-13-11-25(31)12-14-26)40(37,38)28-17-15-27(39-4)16-18-28/h6-18,22-23H,5,19-21H2,1-4H3,(H,32,36)/t22-,23+/m1/s1. The summed E-state index contributed by atoms with van der Waals surface area (Å²) in [6, 6.07) is 20.9. The smallest absolute Gasteiger partial charge is 0.264 e. The third kappa shape index (κ3) is 7.99. The van der Waals surface area contributed by atoms with Gasteiger partial charge in [0.2, 0.25) is 11.8 Å². The van der Waals surface area contributed by atoms with E-state index in [1.165, 1.54) is 24.1 Å². The molecule has 0 fully saturated rings. The Morgan fingerprint density at radius 1 is 0.950 bits per heavy atom. The molecule has 1 N–H and O–H groups in total. The Morgan fingerprint density at radius 3 is 2.15 bits per heavy atom. The lowest BCUT2D eigenvalue weighted by atomic mass is 10.1. The molecule has 214 valence electrons. The van der Waals surface area contributed by atoms with Crippen molar-refractivity contribution < 1.29 is 22.7 Å². The summed E-state index contributed by atoms with van der Waals surface area (Å²) < 4.78 is 33.9. The molecule has 0 saturated heterocycles. The van der Waals surface area contributed by atoms with E-state index >= 15 is 0 Å². The van der Waals surface area contributed by atoms with E-state index in [9.17, 15) is 18.0 Å². The van der Waals surface area contributed by atoms with Crippen molar-refractivity contribution >= 4 is 39.1 Å². The number of benzene rings is 3. The number of carbonyl (C=O) groups is 2. The van der Waals surface area contributed by atoms with Crippen LogP contribution < -0.4 is 14.4 Å². The maximum Gasteiger partial charge on any atom is 0.264 e. The van der Waals surface area contributed by atoms with Gasteiger partial charge in [-0.05, 0) is 80.8 Å². The van der Waals surface area contributed by atoms with Crippen LogP contribution in [0, 0.1) is 0 Å². The van der Waals surface area contributed by atoms with Gasteiger partial charge in [-0.25, -0.2) is 8.42 Å². The zero-order valence-electron chi connectivity index (χ0n) is 23.2. The minimum Gasteiger partial charge on any atom is -0.497 e. The number of hydrogen-bond donors (Lipinski definition) is 1. The van der Waals surface area contributed by atoms with Crippen LogP contribution in [0.4, 0.5) is 5.69 Å². The van der Waals surface area contributed by atoms with Crippen LogP contribution in [0.1, 0.15) is 32.8 Å². The molecule has 0 saturated carbocycles. The highest BCUT2D eigenvalue weighted by molar-refractivity contribution is 7.92. The lowest BCUT2D eigenvalue weighted by Gasteiger charge is -2.32. The van der Waals surface area contributed by atoms with Gasteiger partial charge in [0, 0.05) is 17.6 Å². The van der Waals surface area contributed by atoms with Crippen molar-refractivity contribution in [1.29, 1.82) is 0 Å². The molecular formula is C30H36ClN3O5S. The van der Waals surface area contributed by atoms with Crippen LogP contribution in [0.15, 0.2) is 83.8 Å². The van der Waals surface area contributed by atoms with Crippen molar-refractivity contribution in [3.05, 3.63) is 89.4 Å². The van der Waals surface area contributed by atoms with Gasteiger partial charge in [-0.2, -0.15) is 0 Å². The third-order valence-corrected chi connectivity index (χ3v) is 8.73. The molecule has 40 heavy (non-hydrogen) atoms. The van der Waals surface area contributed by atoms with Crippen molar-refractivity contribution in [2.24, 2.45) is 0 Å². The molecule has 0 bridgehead atoms. The quantitative estimate of drug-likeness (QED) is 0.307. The van der Waals surface area contributed by atoms with E-state index < -0.39 is 28.5 Å². The Hall–Kier alpha value is -3.56. The Labute approximate surface area is 241 Å². The Morgan fingerprint density at radius 2 is 1.57 bits per heavy atom. The summed E-state index contributed by atoms with van der Waals surface area (Å²) in [5.74, 6) is -0.303. The summed E-state index contributed by atoms with van der Waals surface area (Å²) in [6.45, 7) is 5.23. The molecule has 0 heterocycles. The van der Waals surface area contributed by atoms with Crippen molar-refractivity contribution in [3.8, 4) is 5.75 Å². The molecule has 0 aliphatic heterocycles. The molecule has 0 aliphatic carbocycles. The maximum atomic E-state index is 13.9. The molecule has 3 aromatic carbocycles. The first kappa shape index (κ1) is 31.0. The number of methoxy groups -OCH3 is 1. The van der Waals surface area contributed by atoms with Crippen molar-refractivity contribution in [3.63, 3.8) is 0 Å². The van der Waals surface area contributed by atoms with Crippen LogP contribution >= 0.6 is 11.6 Å². The normalized spacial score (nSPS) is 12.7. The molecule has 0 aliphatic rings. The van der Waals surface area contributed by atoms with Gasteiger partial charge < -0.3 is 15.0 Å². The fourth-order valence-corrected chi connectivity index (χ4v) is 5.59. The summed E-state index contributed by atoms with van der Waals surface area (Å²) in [6.07, 6.45) is 1.24. The van der Waals surface area contributed by atoms with Crippen LogP contribution in [0.25, 0.3) is 0 Å². The van der Waals surface area contributed by atoms with Gasteiger partial charge >= 0.3 is 0 Å². The molecule has 2 atom stereocenters. The molecule has 3 rings (SSSR count). The summed E-state index contributed by atoms with van der Waals surface area (Å²) in [7, 11) is -2.68. The minimum absolute atomic E-state index is 0.00514. The van der Waals surface area contributed by atoms with Crippen LogP contribution in [-0.4, -0.2) is 57.4 Å². The molecule has 0 unspecified atom stereocenters. The number of hydrogen-bond acceptors (Lipinski definition) is 5. The first-order chi connectivity index (χ1) is 19.1. The Bertz CT molecular complexity index is 1370. The number of ether oxygens (including phenoxy) is 1. The highest BCUT2D eigenvalue weighted by Crippen LogP contribution is 2.27. The Balaban J connectivity index is 1.97. The average molecular weight is 586 g/mol. The van der Waals surface area contributed by atoms with Gasteiger partial charge in [0.05, 0.1) is 17.7 Å². The first-order valence-corrected chi connectivity index (χ1v) is 14.9. The molecule has 8 nitrogen and oxygen atoms in total. The largest absolute Gasteiger partial charge is 0.497 e. The summed E-state index contributed by atoms with van der Waals surface area (Å²) >= 11 is 6.06. The van der Waals surface area contributed by atoms with E-state index in [1.54, 1.807) is 43.3 Å². The lowest BCUT2D eigenvalue weighted by molar-refractivity contribution is -0.139. The molecule has 0 radical (unpaired) electrons. The van der Waals surface area contributed by atoms with E-state index in [2.05, 4.69) is 5.32 Å². The van der Waals surface area contributed by atoms with Gasteiger partial charge in [-0.15, -0.1) is 0 Å². The minimum atomic E-state index is -4.17. The van der Waals surface area contributed by atoms with E-state index in [0.717, 1.165) is 16.3 Å². The van der Waals surface area contributed by atoms with Gasteiger partial charge in [-0.1, -0.05) is 48.9 Å². The highest BCUT2D eigenvalue weighted by Gasteiger charge is 2.32. The van der Waals surface area contributed by atoms with E-state index in [4.69, 9.17) is 16.3 Å². The first-order valence-electron chi connectivity index (χ1n) is 13.1. The highest BCUT2D eigenvalue weighted by atomic mass is 35.5. The van der Waals surface area contributed by atoms with Crippen molar-refractivity contribution in [2.45, 2.75) is 50.6 Å². The van der Waals surface area contributed by atoms with Crippen molar-refractivity contribution in [1.82, 2.24) is 10.2 Å². The number of nitrogens with one attached hydrogen (secondary N) is 1. The lowest BCUT2D eigenvalue weighted by Crippen LogP contribution is -2.53. The number of halogens is 1. The number of sulfonamides is 1. The fourth-order valence-electron chi connectivity index (χ4n) is 4.05. The zero-order valence-corrected chi connectivity index (χ0v) is 24.8. The SMILES string of the molecule is CC[C@@H](C)NC(=O)[C@H](C)N(CCc1ccccc1)C(=O)CN(c1ccc(Cl)cc1)S(=O)(=O)c1ccc(OC)cc1. The molecule has 0 aromatic heterocycles. The predicted molar refractivity (Wildman–Crippen MR) is 158 cm³/mol. The molecule has 0 spiro atoms. The van der Waals surface area contributed by atoms with Gasteiger partial charge in [-0.3, -0.25) is 13.9 Å². The second-order valence-electron chi connectivity index (χ2n) is 9.48. The number of nitrogens with zero attached hydrogens (tertiary/aromatic N) is 2. The summed E-state index contributed by atoms with van der Waals surface area (Å²) in [5.41, 5.74) is 1.27. The molecule has 2 amide bonds. The third-order valence-electron chi connectivity index (χ3n) is 6.69. The Kier molecular flexibility index (Phi) is 11.0. The average Bonchev–Trinajstić information content (AvgIpc) is 2.96. The summed E-state index contributed by atoms with van der Waals surface area (Å²) in [5, 5.41) is 3.36. The van der Waals surface area contributed by atoms with Crippen LogP contribution in [0.2, 0.25) is 5.02 Å². The monoisotopic (exact) mass is 585 g/mol. The number of anilines is 1. The molecular weight excluding hydrogens is 550 g/mol.